The maximum atomic E-state index is 11.2. The number of hydrogen-bond acceptors (Lipinski definition) is 3. The third-order valence-electron chi connectivity index (χ3n) is 3.02. The molecule has 0 aromatic heterocycles. The average Bonchev–Trinajstić information content (AvgIpc) is 2.29. The maximum absolute atomic E-state index is 11.2. The van der Waals surface area contributed by atoms with Crippen molar-refractivity contribution in [3.8, 4) is 11.8 Å². The Balaban J connectivity index is 2.51. The zero-order valence-electron chi connectivity index (χ0n) is 10.9. The summed E-state index contributed by atoms with van der Waals surface area (Å²) in [5, 5.41) is 9.18. The Labute approximate surface area is 104 Å². The molecule has 0 radical (unpaired) electrons. The lowest BCUT2D eigenvalue weighted by Crippen LogP contribution is -2.40. The monoisotopic (exact) mass is 237 g/mol. The molecule has 3 heteroatoms. The minimum atomic E-state index is -0.354. The number of carbonyl (C=O) groups is 1. The summed E-state index contributed by atoms with van der Waals surface area (Å²) in [6.45, 7) is 5.58. The molecule has 96 valence electrons. The van der Waals surface area contributed by atoms with Gasteiger partial charge in [-0.05, 0) is 13.3 Å². The van der Waals surface area contributed by atoms with Crippen molar-refractivity contribution >= 4 is 5.78 Å². The van der Waals surface area contributed by atoms with Gasteiger partial charge in [-0.3, -0.25) is 9.69 Å². The second-order valence-corrected chi connectivity index (χ2v) is 4.75. The molecule has 0 bridgehead atoms. The number of aliphatic hydroxyl groups excluding tert-OH is 1. The Hall–Kier alpha value is -0.850. The van der Waals surface area contributed by atoms with E-state index in [1.807, 2.05) is 0 Å². The van der Waals surface area contributed by atoms with Crippen LogP contribution in [0.25, 0.3) is 0 Å². The number of piperidine rings is 1. The van der Waals surface area contributed by atoms with Crippen LogP contribution < -0.4 is 0 Å². The van der Waals surface area contributed by atoms with Crippen molar-refractivity contribution < 1.29 is 9.90 Å². The summed E-state index contributed by atoms with van der Waals surface area (Å²) in [5.41, 5.74) is 0. The fraction of sp³-hybridized carbons (Fsp3) is 0.786. The molecule has 0 unspecified atom stereocenters. The molecule has 0 aromatic rings. The first-order valence-electron chi connectivity index (χ1n) is 6.55. The van der Waals surface area contributed by atoms with Crippen molar-refractivity contribution in [1.29, 1.82) is 0 Å². The Morgan fingerprint density at radius 3 is 2.59 bits per heavy atom. The zero-order valence-corrected chi connectivity index (χ0v) is 10.9. The van der Waals surface area contributed by atoms with Crippen LogP contribution in [0.1, 0.15) is 46.0 Å². The molecular formula is C14H23NO2. The number of hydrogen-bond donors (Lipinski definition) is 1. The zero-order chi connectivity index (χ0) is 12.7. The van der Waals surface area contributed by atoms with Gasteiger partial charge in [0.2, 0.25) is 0 Å². The molecule has 1 fully saturated rings. The minimum absolute atomic E-state index is 0.256. The molecule has 1 aliphatic heterocycles. The normalized spacial score (nSPS) is 20.5. The molecule has 3 nitrogen and oxygen atoms in total. The van der Waals surface area contributed by atoms with Gasteiger partial charge in [-0.25, -0.2) is 0 Å². The van der Waals surface area contributed by atoms with Gasteiger partial charge in [0.05, 0.1) is 12.1 Å². The molecule has 0 amide bonds. The standard InChI is InChI=1S/C14H23NO2/c1-3-5-13(7-4-6-12(2)16)15-10-8-14(17)9-11-15/h12-13,16H,3,5-6,8-11H2,1-2H3/t12-,13+/m0/s1. The highest BCUT2D eigenvalue weighted by atomic mass is 16.3. The maximum Gasteiger partial charge on any atom is 0.135 e. The van der Waals surface area contributed by atoms with Gasteiger partial charge in [0.25, 0.3) is 0 Å². The van der Waals surface area contributed by atoms with Gasteiger partial charge in [-0.2, -0.15) is 0 Å². The molecule has 0 spiro atoms. The molecule has 1 aliphatic rings. The number of aliphatic hydroxyl groups is 1. The third kappa shape index (κ3) is 5.34. The molecule has 1 saturated heterocycles. The SMILES string of the molecule is CCC[C@H](C#CC[C@H](C)O)N1CCC(=O)CC1. The predicted octanol–water partition coefficient (Wildman–Crippen LogP) is 1.59. The molecule has 1 heterocycles. The average molecular weight is 237 g/mol. The van der Waals surface area contributed by atoms with Crippen molar-refractivity contribution in [2.75, 3.05) is 13.1 Å². The lowest BCUT2D eigenvalue weighted by molar-refractivity contribution is -0.121. The largest absolute Gasteiger partial charge is 0.392 e. The lowest BCUT2D eigenvalue weighted by atomic mass is 10.0. The second kappa shape index (κ2) is 7.47. The number of rotatable bonds is 4. The van der Waals surface area contributed by atoms with E-state index in [-0.39, 0.29) is 12.1 Å². The topological polar surface area (TPSA) is 40.5 Å². The molecular weight excluding hydrogens is 214 g/mol. The van der Waals surface area contributed by atoms with E-state index >= 15 is 0 Å². The second-order valence-electron chi connectivity index (χ2n) is 4.75. The van der Waals surface area contributed by atoms with Crippen LogP contribution in [-0.2, 0) is 4.79 Å². The van der Waals surface area contributed by atoms with Gasteiger partial charge in [0.1, 0.15) is 5.78 Å². The quantitative estimate of drug-likeness (QED) is 0.755. The van der Waals surface area contributed by atoms with Crippen molar-refractivity contribution in [1.82, 2.24) is 4.90 Å². The summed E-state index contributed by atoms with van der Waals surface area (Å²) in [6.07, 6.45) is 3.65. The van der Waals surface area contributed by atoms with Crippen LogP contribution in [0.4, 0.5) is 0 Å². The van der Waals surface area contributed by atoms with E-state index in [1.54, 1.807) is 6.92 Å². The van der Waals surface area contributed by atoms with E-state index in [2.05, 4.69) is 23.7 Å². The highest BCUT2D eigenvalue weighted by Crippen LogP contribution is 2.13. The van der Waals surface area contributed by atoms with E-state index in [0.717, 1.165) is 25.9 Å². The molecule has 1 rings (SSSR count). The Kier molecular flexibility index (Phi) is 6.25. The summed E-state index contributed by atoms with van der Waals surface area (Å²) in [6, 6.07) is 0.256. The molecule has 0 aromatic carbocycles. The number of Topliss-reactive ketones (excluding diaryl/α,β-unsaturated/α-hetero) is 1. The first kappa shape index (κ1) is 14.2. The summed E-state index contributed by atoms with van der Waals surface area (Å²) in [7, 11) is 0. The number of likely N-dealkylation sites (tertiary alicyclic amines) is 1. The summed E-state index contributed by atoms with van der Waals surface area (Å²) >= 11 is 0. The molecule has 2 atom stereocenters. The van der Waals surface area contributed by atoms with Gasteiger partial charge in [0.15, 0.2) is 0 Å². The van der Waals surface area contributed by atoms with Gasteiger partial charge in [0, 0.05) is 32.4 Å². The molecule has 0 saturated carbocycles. The van der Waals surface area contributed by atoms with Crippen LogP contribution in [0, 0.1) is 11.8 Å². The fourth-order valence-electron chi connectivity index (χ4n) is 2.03. The van der Waals surface area contributed by atoms with Gasteiger partial charge >= 0.3 is 0 Å². The van der Waals surface area contributed by atoms with E-state index in [1.165, 1.54) is 0 Å². The predicted molar refractivity (Wildman–Crippen MR) is 68.6 cm³/mol. The Bertz CT molecular complexity index is 291. The third-order valence-corrected chi connectivity index (χ3v) is 3.02. The number of ketones is 1. The lowest BCUT2D eigenvalue weighted by Gasteiger charge is -2.30. The van der Waals surface area contributed by atoms with E-state index in [9.17, 15) is 9.90 Å². The van der Waals surface area contributed by atoms with Crippen LogP contribution >= 0.6 is 0 Å². The smallest absolute Gasteiger partial charge is 0.135 e. The first-order chi connectivity index (χ1) is 8.13. The van der Waals surface area contributed by atoms with E-state index in [0.29, 0.717) is 25.0 Å². The minimum Gasteiger partial charge on any atom is -0.392 e. The van der Waals surface area contributed by atoms with Crippen molar-refractivity contribution in [2.45, 2.75) is 58.1 Å². The van der Waals surface area contributed by atoms with Crippen molar-refractivity contribution in [3.05, 3.63) is 0 Å². The van der Waals surface area contributed by atoms with Crippen molar-refractivity contribution in [3.63, 3.8) is 0 Å². The van der Waals surface area contributed by atoms with Crippen LogP contribution in [0.2, 0.25) is 0 Å². The highest BCUT2D eigenvalue weighted by molar-refractivity contribution is 5.79. The van der Waals surface area contributed by atoms with Gasteiger partial charge in [-0.1, -0.05) is 25.2 Å². The molecule has 0 aliphatic carbocycles. The van der Waals surface area contributed by atoms with Gasteiger partial charge < -0.3 is 5.11 Å². The summed E-state index contributed by atoms with van der Waals surface area (Å²) in [4.78, 5) is 13.5. The summed E-state index contributed by atoms with van der Waals surface area (Å²) < 4.78 is 0. The number of nitrogens with zero attached hydrogens (tertiary/aromatic N) is 1. The highest BCUT2D eigenvalue weighted by Gasteiger charge is 2.21. The van der Waals surface area contributed by atoms with E-state index < -0.39 is 0 Å². The van der Waals surface area contributed by atoms with Crippen LogP contribution in [0.3, 0.4) is 0 Å². The Morgan fingerprint density at radius 1 is 1.41 bits per heavy atom. The summed E-state index contributed by atoms with van der Waals surface area (Å²) in [5.74, 6) is 6.66. The number of carbonyl (C=O) groups excluding carboxylic acids is 1. The van der Waals surface area contributed by atoms with Crippen molar-refractivity contribution in [2.24, 2.45) is 0 Å². The molecule has 1 N–H and O–H groups in total. The van der Waals surface area contributed by atoms with Crippen LogP contribution in [-0.4, -0.2) is 41.0 Å². The van der Waals surface area contributed by atoms with Gasteiger partial charge in [-0.15, -0.1) is 0 Å². The Morgan fingerprint density at radius 2 is 2.06 bits per heavy atom. The first-order valence-corrected chi connectivity index (χ1v) is 6.55. The van der Waals surface area contributed by atoms with E-state index in [4.69, 9.17) is 0 Å². The van der Waals surface area contributed by atoms with Crippen LogP contribution in [0.5, 0.6) is 0 Å². The van der Waals surface area contributed by atoms with Crippen LogP contribution in [0.15, 0.2) is 0 Å². The molecule has 17 heavy (non-hydrogen) atoms. The fourth-order valence-corrected chi connectivity index (χ4v) is 2.03.